The molecule has 1 rings (SSSR count). The number of hydrogen-bond acceptors (Lipinski definition) is 3. The first-order valence-corrected chi connectivity index (χ1v) is 7.04. The Kier molecular flexibility index (Phi) is 6.28. The quantitative estimate of drug-likeness (QED) is 0.567. The zero-order chi connectivity index (χ0) is 15.1. The van der Waals surface area contributed by atoms with E-state index >= 15 is 0 Å². The molecule has 0 spiro atoms. The Balaban J connectivity index is 2.43. The van der Waals surface area contributed by atoms with E-state index in [2.05, 4.69) is 4.98 Å². The van der Waals surface area contributed by atoms with E-state index in [0.29, 0.717) is 18.7 Å². The number of unbranched alkanes of at least 4 members (excludes halogenated alkanes) is 2. The molecular weight excluding hydrogens is 258 g/mol. The normalized spacial score (nSPS) is 10.6. The third-order valence-electron chi connectivity index (χ3n) is 3.46. The first-order valence-electron chi connectivity index (χ1n) is 7.04. The predicted molar refractivity (Wildman–Crippen MR) is 76.0 cm³/mol. The maximum Gasteiger partial charge on any atom is 0.352 e. The molecule has 1 heterocycles. The molecule has 1 aromatic heterocycles. The number of carboxylic acids is 1. The van der Waals surface area contributed by atoms with Crippen LogP contribution in [0.1, 0.15) is 59.9 Å². The highest BCUT2D eigenvalue weighted by molar-refractivity contribution is 5.88. The van der Waals surface area contributed by atoms with Crippen LogP contribution in [-0.2, 0) is 16.0 Å². The molecule has 0 aliphatic rings. The fourth-order valence-corrected chi connectivity index (χ4v) is 2.25. The molecule has 2 N–H and O–H groups in total. The van der Waals surface area contributed by atoms with Crippen molar-refractivity contribution in [2.75, 3.05) is 6.61 Å². The van der Waals surface area contributed by atoms with Crippen LogP contribution in [0.4, 0.5) is 0 Å². The lowest BCUT2D eigenvalue weighted by atomic mass is 10.0. The van der Waals surface area contributed by atoms with Crippen LogP contribution in [-0.4, -0.2) is 28.6 Å². The minimum atomic E-state index is -0.914. The Morgan fingerprint density at radius 1 is 1.20 bits per heavy atom. The molecule has 0 amide bonds. The number of carbonyl (C=O) groups excluding carboxylic acids is 1. The van der Waals surface area contributed by atoms with Crippen molar-refractivity contribution in [3.63, 3.8) is 0 Å². The predicted octanol–water partition coefficient (Wildman–Crippen LogP) is 3.00. The average Bonchev–Trinajstić information content (AvgIpc) is 2.67. The highest BCUT2D eigenvalue weighted by Crippen LogP contribution is 2.20. The van der Waals surface area contributed by atoms with E-state index in [1.54, 1.807) is 6.92 Å². The third kappa shape index (κ3) is 4.40. The fourth-order valence-electron chi connectivity index (χ4n) is 2.25. The van der Waals surface area contributed by atoms with E-state index in [4.69, 9.17) is 9.84 Å². The van der Waals surface area contributed by atoms with Crippen molar-refractivity contribution in [2.45, 2.75) is 52.9 Å². The molecule has 20 heavy (non-hydrogen) atoms. The molecule has 0 bridgehead atoms. The van der Waals surface area contributed by atoms with Gasteiger partial charge in [-0.05, 0) is 51.2 Å². The summed E-state index contributed by atoms with van der Waals surface area (Å²) in [5.74, 6) is -1.07. The van der Waals surface area contributed by atoms with Crippen molar-refractivity contribution in [3.8, 4) is 0 Å². The zero-order valence-corrected chi connectivity index (χ0v) is 12.4. The molecule has 1 aromatic rings. The zero-order valence-electron chi connectivity index (χ0n) is 12.4. The highest BCUT2D eigenvalue weighted by atomic mass is 16.5. The minimum absolute atomic E-state index is 0.160. The maximum absolute atomic E-state index is 11.2. The monoisotopic (exact) mass is 281 g/mol. The van der Waals surface area contributed by atoms with Crippen molar-refractivity contribution < 1.29 is 19.4 Å². The smallest absolute Gasteiger partial charge is 0.352 e. The number of aryl methyl sites for hydroxylation is 1. The molecule has 0 aliphatic heterocycles. The summed E-state index contributed by atoms with van der Waals surface area (Å²) in [7, 11) is 0. The SMILES string of the molecule is CCOC(=O)CCCCCc1c(C(=O)O)[nH]c(C)c1C. The molecule has 5 heteroatoms. The number of aromatic amines is 1. The summed E-state index contributed by atoms with van der Waals surface area (Å²) in [6.45, 7) is 6.03. The summed E-state index contributed by atoms with van der Waals surface area (Å²) in [5, 5.41) is 9.15. The van der Waals surface area contributed by atoms with Crippen LogP contribution in [0.3, 0.4) is 0 Å². The standard InChI is InChI=1S/C15H23NO4/c1-4-20-13(17)9-7-5-6-8-12-10(2)11(3)16-14(12)15(18)19/h16H,4-9H2,1-3H3,(H,18,19). The van der Waals surface area contributed by atoms with E-state index in [1.807, 2.05) is 13.8 Å². The van der Waals surface area contributed by atoms with Gasteiger partial charge in [-0.15, -0.1) is 0 Å². The molecule has 0 saturated heterocycles. The molecule has 0 fully saturated rings. The van der Waals surface area contributed by atoms with Gasteiger partial charge in [-0.25, -0.2) is 4.79 Å². The Labute approximate surface area is 119 Å². The van der Waals surface area contributed by atoms with Crippen LogP contribution in [0.5, 0.6) is 0 Å². The van der Waals surface area contributed by atoms with Gasteiger partial charge in [0.15, 0.2) is 0 Å². The van der Waals surface area contributed by atoms with Crippen LogP contribution in [0.15, 0.2) is 0 Å². The van der Waals surface area contributed by atoms with E-state index < -0.39 is 5.97 Å². The second kappa shape index (κ2) is 7.72. The minimum Gasteiger partial charge on any atom is -0.477 e. The number of rotatable bonds is 8. The van der Waals surface area contributed by atoms with Gasteiger partial charge in [-0.1, -0.05) is 6.42 Å². The van der Waals surface area contributed by atoms with Gasteiger partial charge < -0.3 is 14.8 Å². The summed E-state index contributed by atoms with van der Waals surface area (Å²) in [4.78, 5) is 25.2. The van der Waals surface area contributed by atoms with Crippen LogP contribution >= 0.6 is 0 Å². The van der Waals surface area contributed by atoms with E-state index in [0.717, 1.165) is 42.5 Å². The summed E-state index contributed by atoms with van der Waals surface area (Å²) in [6, 6.07) is 0. The summed E-state index contributed by atoms with van der Waals surface area (Å²) in [5.41, 5.74) is 3.10. The van der Waals surface area contributed by atoms with Crippen LogP contribution < -0.4 is 0 Å². The molecule has 5 nitrogen and oxygen atoms in total. The number of carboxylic acid groups (broad SMARTS) is 1. The largest absolute Gasteiger partial charge is 0.477 e. The Hall–Kier alpha value is -1.78. The molecule has 0 saturated carbocycles. The van der Waals surface area contributed by atoms with E-state index in [9.17, 15) is 9.59 Å². The lowest BCUT2D eigenvalue weighted by Gasteiger charge is -2.04. The highest BCUT2D eigenvalue weighted by Gasteiger charge is 2.16. The molecular formula is C15H23NO4. The molecule has 0 unspecified atom stereocenters. The summed E-state index contributed by atoms with van der Waals surface area (Å²) < 4.78 is 4.86. The summed E-state index contributed by atoms with van der Waals surface area (Å²) in [6.07, 6.45) is 3.70. The third-order valence-corrected chi connectivity index (χ3v) is 3.46. The van der Waals surface area contributed by atoms with Crippen LogP contribution in [0, 0.1) is 13.8 Å². The first-order chi connectivity index (χ1) is 9.47. The van der Waals surface area contributed by atoms with Crippen molar-refractivity contribution in [2.24, 2.45) is 0 Å². The van der Waals surface area contributed by atoms with Gasteiger partial charge in [0.25, 0.3) is 0 Å². The number of carbonyl (C=O) groups is 2. The number of H-pyrrole nitrogens is 1. The number of nitrogens with one attached hydrogen (secondary N) is 1. The lowest BCUT2D eigenvalue weighted by Crippen LogP contribution is -2.04. The van der Waals surface area contributed by atoms with Gasteiger partial charge in [0.2, 0.25) is 0 Å². The van der Waals surface area contributed by atoms with Crippen LogP contribution in [0.25, 0.3) is 0 Å². The number of esters is 1. The van der Waals surface area contributed by atoms with Gasteiger partial charge in [-0.3, -0.25) is 4.79 Å². The van der Waals surface area contributed by atoms with Gasteiger partial charge >= 0.3 is 11.9 Å². The van der Waals surface area contributed by atoms with Gasteiger partial charge in [0, 0.05) is 12.1 Å². The van der Waals surface area contributed by atoms with Crippen molar-refractivity contribution in [1.29, 1.82) is 0 Å². The molecule has 112 valence electrons. The van der Waals surface area contributed by atoms with Crippen molar-refractivity contribution in [1.82, 2.24) is 4.98 Å². The second-order valence-electron chi connectivity index (χ2n) is 4.90. The van der Waals surface area contributed by atoms with Gasteiger partial charge in [0.1, 0.15) is 5.69 Å². The van der Waals surface area contributed by atoms with Crippen molar-refractivity contribution >= 4 is 11.9 Å². The number of hydrogen-bond donors (Lipinski definition) is 2. The van der Waals surface area contributed by atoms with Gasteiger partial charge in [-0.2, -0.15) is 0 Å². The Morgan fingerprint density at radius 2 is 1.90 bits per heavy atom. The molecule has 0 aromatic carbocycles. The number of aromatic nitrogens is 1. The summed E-state index contributed by atoms with van der Waals surface area (Å²) >= 11 is 0. The molecule has 0 atom stereocenters. The lowest BCUT2D eigenvalue weighted by molar-refractivity contribution is -0.143. The Bertz CT molecular complexity index is 476. The number of ether oxygens (including phenoxy) is 1. The van der Waals surface area contributed by atoms with Crippen LogP contribution in [0.2, 0.25) is 0 Å². The van der Waals surface area contributed by atoms with Gasteiger partial charge in [0.05, 0.1) is 6.61 Å². The van der Waals surface area contributed by atoms with E-state index in [1.165, 1.54) is 0 Å². The average molecular weight is 281 g/mol. The topological polar surface area (TPSA) is 79.4 Å². The van der Waals surface area contributed by atoms with E-state index in [-0.39, 0.29) is 5.97 Å². The first kappa shape index (κ1) is 16.3. The fraction of sp³-hybridized carbons (Fsp3) is 0.600. The second-order valence-corrected chi connectivity index (χ2v) is 4.90. The molecule has 0 radical (unpaired) electrons. The maximum atomic E-state index is 11.2. The number of aromatic carboxylic acids is 1. The molecule has 0 aliphatic carbocycles. The van der Waals surface area contributed by atoms with Crippen molar-refractivity contribution in [3.05, 3.63) is 22.5 Å². The Morgan fingerprint density at radius 3 is 2.50 bits per heavy atom.